The molecule has 186 valence electrons. The number of rotatable bonds is 9. The number of nitrogens with one attached hydrogen (secondary N) is 1. The van der Waals surface area contributed by atoms with Crippen molar-refractivity contribution in [2.45, 2.75) is 39.2 Å². The molecule has 11 heteroatoms. The van der Waals surface area contributed by atoms with Crippen molar-refractivity contribution in [3.63, 3.8) is 0 Å². The van der Waals surface area contributed by atoms with Gasteiger partial charge in [0, 0.05) is 36.0 Å². The average Bonchev–Trinajstić information content (AvgIpc) is 3.43. The zero-order valence-electron chi connectivity index (χ0n) is 19.6. The van der Waals surface area contributed by atoms with E-state index in [0.29, 0.717) is 46.1 Å². The lowest BCUT2D eigenvalue weighted by Gasteiger charge is -2.27. The van der Waals surface area contributed by atoms with Gasteiger partial charge in [-0.3, -0.25) is 14.9 Å². The Morgan fingerprint density at radius 3 is 2.83 bits per heavy atom. The predicted molar refractivity (Wildman–Crippen MR) is 145 cm³/mol. The van der Waals surface area contributed by atoms with E-state index >= 15 is 0 Å². The summed E-state index contributed by atoms with van der Waals surface area (Å²) in [5.74, 6) is 0.356. The van der Waals surface area contributed by atoms with Crippen molar-refractivity contribution in [3.05, 3.63) is 44.2 Å². The average molecular weight is 553 g/mol. The Morgan fingerprint density at radius 2 is 2.14 bits per heavy atom. The minimum Gasteiger partial charge on any atom is -0.348 e. The van der Waals surface area contributed by atoms with E-state index in [-0.39, 0.29) is 11.7 Å². The molecule has 35 heavy (non-hydrogen) atoms. The van der Waals surface area contributed by atoms with Crippen LogP contribution in [0.1, 0.15) is 47.8 Å². The van der Waals surface area contributed by atoms with Crippen molar-refractivity contribution >= 4 is 68.5 Å². The van der Waals surface area contributed by atoms with E-state index in [1.165, 1.54) is 28.9 Å². The molecule has 0 aliphatic carbocycles. The van der Waals surface area contributed by atoms with Gasteiger partial charge in [-0.2, -0.15) is 0 Å². The van der Waals surface area contributed by atoms with E-state index in [9.17, 15) is 9.59 Å². The highest BCUT2D eigenvalue weighted by Gasteiger charge is 2.22. The topological polar surface area (TPSA) is 78.4 Å². The van der Waals surface area contributed by atoms with Crippen LogP contribution in [-0.4, -0.2) is 53.2 Å². The Hall–Kier alpha value is -2.04. The Labute approximate surface area is 223 Å². The van der Waals surface area contributed by atoms with E-state index in [1.54, 1.807) is 6.07 Å². The van der Waals surface area contributed by atoms with Crippen molar-refractivity contribution in [1.82, 2.24) is 14.9 Å². The minimum absolute atomic E-state index is 0.165. The molecule has 0 radical (unpaired) electrons. The summed E-state index contributed by atoms with van der Waals surface area (Å²) in [6, 6.07) is 3.49. The van der Waals surface area contributed by atoms with Gasteiger partial charge in [0.2, 0.25) is 0 Å². The predicted octanol–water partition coefficient (Wildman–Crippen LogP) is 6.23. The monoisotopic (exact) mass is 551 g/mol. The Morgan fingerprint density at radius 1 is 1.31 bits per heavy atom. The fraction of sp³-hybridized carbons (Fsp3) is 0.417. The number of anilines is 2. The van der Waals surface area contributed by atoms with Gasteiger partial charge in [-0.25, -0.2) is 9.97 Å². The van der Waals surface area contributed by atoms with E-state index in [4.69, 9.17) is 28.2 Å². The molecule has 0 atom stereocenters. The van der Waals surface area contributed by atoms with Crippen LogP contribution in [0.3, 0.4) is 0 Å². The molecule has 1 N–H and O–H groups in total. The molecule has 1 aliphatic heterocycles. The summed E-state index contributed by atoms with van der Waals surface area (Å²) in [6.45, 7) is 4.90. The summed E-state index contributed by atoms with van der Waals surface area (Å²) < 4.78 is 0. The molecular weight excluding hydrogens is 525 g/mol. The van der Waals surface area contributed by atoms with Gasteiger partial charge < -0.3 is 9.80 Å². The highest BCUT2D eigenvalue weighted by molar-refractivity contribution is 7.17. The SMILES string of the molecule is CCCCN(C)Cc1sc(NC(=O)c2cnc(N3CCCC(=O)C3)c(Cl)c2)nc1-c1cc(Cl)cs1. The number of thiophene rings is 1. The second-order valence-corrected chi connectivity index (χ2v) is 11.4. The number of piperidine rings is 1. The van der Waals surface area contributed by atoms with Crippen LogP contribution in [0.25, 0.3) is 10.6 Å². The molecular formula is C24H27Cl2N5O2S2. The normalized spacial score (nSPS) is 14.1. The second-order valence-electron chi connectivity index (χ2n) is 8.56. The largest absolute Gasteiger partial charge is 0.348 e. The third-order valence-corrected chi connectivity index (χ3v) is 8.18. The van der Waals surface area contributed by atoms with Gasteiger partial charge in [0.15, 0.2) is 10.9 Å². The lowest BCUT2D eigenvalue weighted by Crippen LogP contribution is -2.36. The first kappa shape index (κ1) is 26.0. The number of unbranched alkanes of at least 4 members (excludes halogenated alkanes) is 1. The van der Waals surface area contributed by atoms with E-state index in [0.717, 1.165) is 47.8 Å². The number of pyridine rings is 1. The van der Waals surface area contributed by atoms with E-state index in [2.05, 4.69) is 29.2 Å². The Kier molecular flexibility index (Phi) is 8.77. The molecule has 3 aromatic heterocycles. The highest BCUT2D eigenvalue weighted by Crippen LogP contribution is 2.37. The van der Waals surface area contributed by atoms with Gasteiger partial charge in [0.1, 0.15) is 5.82 Å². The molecule has 1 saturated heterocycles. The summed E-state index contributed by atoms with van der Waals surface area (Å²) in [6.07, 6.45) is 5.09. The molecule has 1 fully saturated rings. The van der Waals surface area contributed by atoms with Crippen LogP contribution in [0.15, 0.2) is 23.7 Å². The number of hydrogen-bond acceptors (Lipinski definition) is 8. The number of ketones is 1. The molecule has 4 rings (SSSR count). The van der Waals surface area contributed by atoms with Crippen molar-refractivity contribution < 1.29 is 9.59 Å². The first-order chi connectivity index (χ1) is 16.8. The van der Waals surface area contributed by atoms with Crippen LogP contribution >= 0.6 is 45.9 Å². The van der Waals surface area contributed by atoms with Gasteiger partial charge in [-0.05, 0) is 38.6 Å². The van der Waals surface area contributed by atoms with Crippen LogP contribution in [0.2, 0.25) is 10.0 Å². The van der Waals surface area contributed by atoms with Crippen LogP contribution in [0.5, 0.6) is 0 Å². The molecule has 7 nitrogen and oxygen atoms in total. The number of aromatic nitrogens is 2. The van der Waals surface area contributed by atoms with Gasteiger partial charge in [-0.1, -0.05) is 47.9 Å². The number of thiazole rings is 1. The van der Waals surface area contributed by atoms with Gasteiger partial charge in [-0.15, -0.1) is 11.3 Å². The Bertz CT molecular complexity index is 1210. The molecule has 1 amide bonds. The molecule has 0 unspecified atom stereocenters. The maximum atomic E-state index is 13.0. The summed E-state index contributed by atoms with van der Waals surface area (Å²) in [5, 5.41) is 6.31. The number of carbonyl (C=O) groups is 2. The van der Waals surface area contributed by atoms with Gasteiger partial charge in [0.05, 0.1) is 32.7 Å². The summed E-state index contributed by atoms with van der Waals surface area (Å²) >= 11 is 15.6. The summed E-state index contributed by atoms with van der Waals surface area (Å²) in [4.78, 5) is 40.1. The maximum Gasteiger partial charge on any atom is 0.259 e. The number of halogens is 2. The third-order valence-electron chi connectivity index (χ3n) is 5.66. The minimum atomic E-state index is -0.337. The molecule has 4 heterocycles. The first-order valence-electron chi connectivity index (χ1n) is 11.5. The van der Waals surface area contributed by atoms with Gasteiger partial charge >= 0.3 is 0 Å². The smallest absolute Gasteiger partial charge is 0.259 e. The van der Waals surface area contributed by atoms with Crippen molar-refractivity contribution in [2.75, 3.05) is 36.9 Å². The van der Waals surface area contributed by atoms with Crippen molar-refractivity contribution in [3.8, 4) is 10.6 Å². The van der Waals surface area contributed by atoms with Crippen molar-refractivity contribution in [1.29, 1.82) is 0 Å². The van der Waals surface area contributed by atoms with Crippen LogP contribution in [0.4, 0.5) is 10.9 Å². The molecule has 3 aromatic rings. The van der Waals surface area contributed by atoms with Crippen LogP contribution < -0.4 is 10.2 Å². The zero-order valence-corrected chi connectivity index (χ0v) is 22.8. The summed E-state index contributed by atoms with van der Waals surface area (Å²) in [7, 11) is 2.09. The molecule has 0 saturated carbocycles. The highest BCUT2D eigenvalue weighted by atomic mass is 35.5. The summed E-state index contributed by atoms with van der Waals surface area (Å²) in [5.41, 5.74) is 1.17. The molecule has 1 aliphatic rings. The number of hydrogen-bond donors (Lipinski definition) is 1. The lowest BCUT2D eigenvalue weighted by atomic mass is 10.1. The number of Topliss-reactive ketones (excluding diaryl/α,β-unsaturated/α-hetero) is 1. The third kappa shape index (κ3) is 6.59. The standard InChI is InChI=1S/C24H27Cl2N5O2S2/c1-3-4-7-30(2)13-20-21(19-10-16(25)14-34-19)28-24(35-20)29-23(33)15-9-18(26)22(27-11-15)31-8-5-6-17(32)12-31/h9-11,14H,3-8,12-13H2,1-2H3,(H,28,29,33). The second kappa shape index (κ2) is 11.8. The number of carbonyl (C=O) groups excluding carboxylic acids is 2. The van der Waals surface area contributed by atoms with Gasteiger partial charge in [0.25, 0.3) is 5.91 Å². The fourth-order valence-corrected chi connectivity index (χ4v) is 6.36. The van der Waals surface area contributed by atoms with Crippen LogP contribution in [-0.2, 0) is 11.3 Å². The van der Waals surface area contributed by atoms with Crippen LogP contribution in [0, 0.1) is 0 Å². The number of amides is 1. The maximum absolute atomic E-state index is 13.0. The molecule has 0 aromatic carbocycles. The van der Waals surface area contributed by atoms with E-state index in [1.807, 2.05) is 16.3 Å². The molecule has 0 spiro atoms. The number of nitrogens with zero attached hydrogens (tertiary/aromatic N) is 4. The quantitative estimate of drug-likeness (QED) is 0.339. The zero-order chi connectivity index (χ0) is 24.9. The molecule has 0 bridgehead atoms. The first-order valence-corrected chi connectivity index (χ1v) is 14.0. The fourth-order valence-electron chi connectivity index (χ4n) is 3.87. The lowest BCUT2D eigenvalue weighted by molar-refractivity contribution is -0.118. The Balaban J connectivity index is 1.52. The van der Waals surface area contributed by atoms with Crippen molar-refractivity contribution in [2.24, 2.45) is 0 Å². The van der Waals surface area contributed by atoms with E-state index < -0.39 is 0 Å².